The molecule has 0 bridgehead atoms. The molecule has 3 atom stereocenters. The fraction of sp³-hybridized carbons (Fsp3) is 0.571. The zero-order chi connectivity index (χ0) is 12.3. The van der Waals surface area contributed by atoms with Crippen molar-refractivity contribution in [1.29, 1.82) is 0 Å². The van der Waals surface area contributed by atoms with Crippen LogP contribution in [0.5, 0.6) is 0 Å². The topological polar surface area (TPSA) is 35.2 Å². The molecule has 0 saturated carbocycles. The van der Waals surface area contributed by atoms with Gasteiger partial charge in [0, 0.05) is 23.7 Å². The van der Waals surface area contributed by atoms with Crippen LogP contribution in [0, 0.1) is 6.92 Å². The van der Waals surface area contributed by atoms with Gasteiger partial charge in [0.25, 0.3) is 0 Å². The van der Waals surface area contributed by atoms with E-state index in [9.17, 15) is 0 Å². The molecular formula is C14H21NOS. The highest BCUT2D eigenvalue weighted by molar-refractivity contribution is 8.00. The van der Waals surface area contributed by atoms with Crippen molar-refractivity contribution in [2.24, 2.45) is 5.73 Å². The Morgan fingerprint density at radius 3 is 2.94 bits per heavy atom. The fourth-order valence-corrected chi connectivity index (χ4v) is 3.61. The molecule has 1 aromatic rings. The molecule has 3 heteroatoms. The lowest BCUT2D eigenvalue weighted by molar-refractivity contribution is 0.127. The van der Waals surface area contributed by atoms with Crippen molar-refractivity contribution in [3.05, 3.63) is 35.4 Å². The number of ether oxygens (including phenoxy) is 1. The predicted octanol–water partition coefficient (Wildman–Crippen LogP) is 2.91. The molecule has 0 aliphatic carbocycles. The van der Waals surface area contributed by atoms with Crippen LogP contribution in [0.3, 0.4) is 0 Å². The molecule has 1 heterocycles. The van der Waals surface area contributed by atoms with E-state index in [1.54, 1.807) is 0 Å². The lowest BCUT2D eigenvalue weighted by Gasteiger charge is -2.21. The Kier molecular flexibility index (Phi) is 4.48. The molecular weight excluding hydrogens is 230 g/mol. The van der Waals surface area contributed by atoms with Gasteiger partial charge in [-0.15, -0.1) is 11.8 Å². The molecule has 2 N–H and O–H groups in total. The van der Waals surface area contributed by atoms with Gasteiger partial charge in [-0.05, 0) is 25.8 Å². The summed E-state index contributed by atoms with van der Waals surface area (Å²) in [5.41, 5.74) is 8.56. The fourth-order valence-electron chi connectivity index (χ4n) is 2.24. The highest BCUT2D eigenvalue weighted by Gasteiger charge is 2.27. The summed E-state index contributed by atoms with van der Waals surface area (Å²) in [6, 6.07) is 8.66. The Labute approximate surface area is 108 Å². The molecule has 2 nitrogen and oxygen atoms in total. The molecule has 1 saturated heterocycles. The number of rotatable bonds is 4. The Morgan fingerprint density at radius 2 is 2.35 bits per heavy atom. The van der Waals surface area contributed by atoms with Crippen molar-refractivity contribution in [3.8, 4) is 0 Å². The molecule has 0 aromatic heterocycles. The SMILES string of the molecule is Cc1cccc(C(CN)SC2CCOC2C)c1. The Bertz CT molecular complexity index is 369. The van der Waals surface area contributed by atoms with Crippen molar-refractivity contribution < 1.29 is 4.74 Å². The number of nitrogens with two attached hydrogens (primary N) is 1. The number of thioether (sulfide) groups is 1. The third kappa shape index (κ3) is 3.24. The van der Waals surface area contributed by atoms with Crippen molar-refractivity contribution in [3.63, 3.8) is 0 Å². The summed E-state index contributed by atoms with van der Waals surface area (Å²) in [6.45, 7) is 5.87. The summed E-state index contributed by atoms with van der Waals surface area (Å²) in [7, 11) is 0. The quantitative estimate of drug-likeness (QED) is 0.893. The van der Waals surface area contributed by atoms with Gasteiger partial charge in [-0.25, -0.2) is 0 Å². The minimum absolute atomic E-state index is 0.360. The van der Waals surface area contributed by atoms with E-state index < -0.39 is 0 Å². The van der Waals surface area contributed by atoms with E-state index >= 15 is 0 Å². The smallest absolute Gasteiger partial charge is 0.0666 e. The maximum absolute atomic E-state index is 5.92. The monoisotopic (exact) mass is 251 g/mol. The molecule has 17 heavy (non-hydrogen) atoms. The van der Waals surface area contributed by atoms with E-state index in [2.05, 4.69) is 38.1 Å². The zero-order valence-electron chi connectivity index (χ0n) is 10.6. The summed E-state index contributed by atoms with van der Waals surface area (Å²) in [6.07, 6.45) is 1.51. The summed E-state index contributed by atoms with van der Waals surface area (Å²) in [5.74, 6) is 0. The predicted molar refractivity (Wildman–Crippen MR) is 74.4 cm³/mol. The van der Waals surface area contributed by atoms with Crippen molar-refractivity contribution in [2.75, 3.05) is 13.2 Å². The Morgan fingerprint density at radius 1 is 1.53 bits per heavy atom. The summed E-state index contributed by atoms with van der Waals surface area (Å²) in [5, 5.41) is 0.980. The largest absolute Gasteiger partial charge is 0.377 e. The van der Waals surface area contributed by atoms with E-state index in [1.807, 2.05) is 11.8 Å². The van der Waals surface area contributed by atoms with Gasteiger partial charge < -0.3 is 10.5 Å². The van der Waals surface area contributed by atoms with E-state index in [0.717, 1.165) is 13.0 Å². The molecule has 1 fully saturated rings. The van der Waals surface area contributed by atoms with Crippen LogP contribution in [0.4, 0.5) is 0 Å². The minimum atomic E-state index is 0.360. The second-order valence-corrected chi connectivity index (χ2v) is 6.12. The number of hydrogen-bond donors (Lipinski definition) is 1. The average molecular weight is 251 g/mol. The Balaban J connectivity index is 2.06. The van der Waals surface area contributed by atoms with Gasteiger partial charge in [0.1, 0.15) is 0 Å². The van der Waals surface area contributed by atoms with Gasteiger partial charge in [0.2, 0.25) is 0 Å². The molecule has 1 aliphatic rings. The first kappa shape index (κ1) is 12.9. The Hall–Kier alpha value is -0.510. The molecule has 1 aromatic carbocycles. The van der Waals surface area contributed by atoms with Crippen LogP contribution < -0.4 is 5.73 Å². The van der Waals surface area contributed by atoms with Gasteiger partial charge >= 0.3 is 0 Å². The first-order valence-corrected chi connectivity index (χ1v) is 7.18. The lowest BCUT2D eigenvalue weighted by atomic mass is 10.1. The summed E-state index contributed by atoms with van der Waals surface area (Å²) < 4.78 is 5.61. The molecule has 94 valence electrons. The third-order valence-corrected chi connectivity index (χ3v) is 5.04. The van der Waals surface area contributed by atoms with Crippen LogP contribution in [-0.2, 0) is 4.74 Å². The van der Waals surface area contributed by atoms with Crippen molar-refractivity contribution >= 4 is 11.8 Å². The highest BCUT2D eigenvalue weighted by atomic mass is 32.2. The van der Waals surface area contributed by atoms with E-state index in [4.69, 9.17) is 10.5 Å². The van der Waals surface area contributed by atoms with Crippen LogP contribution in [0.25, 0.3) is 0 Å². The molecule has 0 amide bonds. The molecule has 0 radical (unpaired) electrons. The first-order valence-electron chi connectivity index (χ1n) is 6.24. The highest BCUT2D eigenvalue weighted by Crippen LogP contribution is 2.37. The van der Waals surface area contributed by atoms with Crippen LogP contribution in [0.1, 0.15) is 29.7 Å². The van der Waals surface area contributed by atoms with E-state index in [-0.39, 0.29) is 0 Å². The van der Waals surface area contributed by atoms with Gasteiger partial charge in [0.05, 0.1) is 6.10 Å². The van der Waals surface area contributed by atoms with E-state index in [1.165, 1.54) is 11.1 Å². The normalized spacial score (nSPS) is 26.1. The van der Waals surface area contributed by atoms with Gasteiger partial charge in [-0.2, -0.15) is 0 Å². The standard InChI is InChI=1S/C14H21NOS/c1-10-4-3-5-12(8-10)14(9-15)17-13-6-7-16-11(13)2/h3-5,8,11,13-14H,6-7,9,15H2,1-2H3. The van der Waals surface area contributed by atoms with Crippen molar-refractivity contribution in [2.45, 2.75) is 36.9 Å². The number of aryl methyl sites for hydroxylation is 1. The number of hydrogen-bond acceptors (Lipinski definition) is 3. The summed E-state index contributed by atoms with van der Waals surface area (Å²) >= 11 is 1.97. The maximum Gasteiger partial charge on any atom is 0.0666 e. The number of benzene rings is 1. The van der Waals surface area contributed by atoms with Gasteiger partial charge in [-0.1, -0.05) is 29.8 Å². The van der Waals surface area contributed by atoms with Gasteiger partial charge in [-0.3, -0.25) is 0 Å². The zero-order valence-corrected chi connectivity index (χ0v) is 11.4. The van der Waals surface area contributed by atoms with Crippen LogP contribution in [0.15, 0.2) is 24.3 Å². The second kappa shape index (κ2) is 5.89. The minimum Gasteiger partial charge on any atom is -0.377 e. The van der Waals surface area contributed by atoms with Crippen LogP contribution in [-0.4, -0.2) is 24.5 Å². The molecule has 0 spiro atoms. The first-order chi connectivity index (χ1) is 8.20. The molecule has 3 unspecified atom stereocenters. The lowest BCUT2D eigenvalue weighted by Crippen LogP contribution is -2.19. The van der Waals surface area contributed by atoms with Gasteiger partial charge in [0.15, 0.2) is 0 Å². The van der Waals surface area contributed by atoms with Crippen LogP contribution in [0.2, 0.25) is 0 Å². The second-order valence-electron chi connectivity index (χ2n) is 4.68. The van der Waals surface area contributed by atoms with E-state index in [0.29, 0.717) is 23.1 Å². The third-order valence-electron chi connectivity index (χ3n) is 3.27. The molecule has 1 aliphatic heterocycles. The van der Waals surface area contributed by atoms with Crippen LogP contribution >= 0.6 is 11.8 Å². The maximum atomic E-state index is 5.92. The molecule has 2 rings (SSSR count). The van der Waals surface area contributed by atoms with Crippen molar-refractivity contribution in [1.82, 2.24) is 0 Å². The average Bonchev–Trinajstić information content (AvgIpc) is 2.71. The summed E-state index contributed by atoms with van der Waals surface area (Å²) in [4.78, 5) is 0.